The van der Waals surface area contributed by atoms with Crippen molar-refractivity contribution >= 4 is 25.9 Å². The first-order valence-electron chi connectivity index (χ1n) is 22.9. The van der Waals surface area contributed by atoms with E-state index in [1.807, 2.05) is 0 Å². The van der Waals surface area contributed by atoms with Gasteiger partial charge in [-0.2, -0.15) is 0 Å². The summed E-state index contributed by atoms with van der Waals surface area (Å²) in [5.41, 5.74) is 0. The molecule has 0 heterocycles. The molecule has 0 aromatic heterocycles. The second kappa shape index (κ2) is 45.3. The number of rotatable bonds is 43. The molecule has 0 fully saturated rings. The van der Waals surface area contributed by atoms with E-state index in [0.717, 1.165) is 70.6 Å². The minimum Gasteiger partial charge on any atom is -0.462 e. The minimum absolute atomic E-state index is 0. The summed E-state index contributed by atoms with van der Waals surface area (Å²) >= 11 is 0. The number of allylic oxidation sites excluding steroid dienone is 4. The zero-order valence-electron chi connectivity index (χ0n) is 37.6. The van der Waals surface area contributed by atoms with Gasteiger partial charge in [-0.15, -0.1) is 0 Å². The molecule has 13 nitrogen and oxygen atoms in total. The molecule has 0 aliphatic carbocycles. The van der Waals surface area contributed by atoms with Gasteiger partial charge < -0.3 is 35.3 Å². The van der Waals surface area contributed by atoms with Gasteiger partial charge in [0.05, 0.1) is 19.8 Å². The smallest absolute Gasteiger partial charge is 0.462 e. The van der Waals surface area contributed by atoms with Crippen molar-refractivity contribution in [1.82, 2.24) is 11.5 Å². The number of methoxy groups -OCH3 is 1. The fraction of sp³-hybridized carbons (Fsp3) is 0.844. The maximum atomic E-state index is 12.7. The molecular weight excluding hydrogens is 775 g/mol. The summed E-state index contributed by atoms with van der Waals surface area (Å²) in [6.45, 7) is 3.51. The molecular formula is C45H87N2O11P. The summed E-state index contributed by atoms with van der Waals surface area (Å²) in [4.78, 5) is 47.0. The second-order valence-corrected chi connectivity index (χ2v) is 16.6. The van der Waals surface area contributed by atoms with E-state index < -0.39 is 38.6 Å². The number of phosphoric acid groups is 1. The molecule has 0 aromatic carbocycles. The Hall–Kier alpha value is -2.28. The van der Waals surface area contributed by atoms with Crippen LogP contribution in [0.2, 0.25) is 0 Å². The van der Waals surface area contributed by atoms with Crippen molar-refractivity contribution in [3.05, 3.63) is 24.3 Å². The van der Waals surface area contributed by atoms with Crippen LogP contribution in [-0.2, 0) is 42.1 Å². The molecule has 0 saturated heterocycles. The van der Waals surface area contributed by atoms with Crippen LogP contribution in [0.4, 0.5) is 4.79 Å². The summed E-state index contributed by atoms with van der Waals surface area (Å²) in [7, 11) is -3.10. The summed E-state index contributed by atoms with van der Waals surface area (Å²) in [6, 6.07) is 0. The first-order valence-corrected chi connectivity index (χ1v) is 24.4. The second-order valence-electron chi connectivity index (χ2n) is 15.1. The SMILES string of the molecule is CCCCCCCCC=CCCCCCCCC(=O)OCC(COP(=O)(O)OCCNC(=O)OCCOC)OC(=O)CCCCCCCC=CCCCCCCCC.N. The highest BCUT2D eigenvalue weighted by molar-refractivity contribution is 7.47. The Labute approximate surface area is 359 Å². The van der Waals surface area contributed by atoms with E-state index in [2.05, 4.69) is 43.5 Å². The van der Waals surface area contributed by atoms with Crippen LogP contribution in [0.15, 0.2) is 24.3 Å². The van der Waals surface area contributed by atoms with E-state index >= 15 is 0 Å². The lowest BCUT2D eigenvalue weighted by molar-refractivity contribution is -0.161. The number of esters is 2. The molecule has 2 unspecified atom stereocenters. The quantitative estimate of drug-likeness (QED) is 0.0173. The number of hydrogen-bond acceptors (Lipinski definition) is 11. The molecule has 0 radical (unpaired) electrons. The summed E-state index contributed by atoms with van der Waals surface area (Å²) in [6.07, 6.45) is 37.7. The third-order valence-corrected chi connectivity index (χ3v) is 10.6. The highest BCUT2D eigenvalue weighted by atomic mass is 31.2. The molecule has 0 saturated carbocycles. The van der Waals surface area contributed by atoms with E-state index in [9.17, 15) is 23.8 Å². The zero-order valence-corrected chi connectivity index (χ0v) is 38.5. The zero-order chi connectivity index (χ0) is 42.6. The Bertz CT molecular complexity index is 1080. The fourth-order valence-corrected chi connectivity index (χ4v) is 6.85. The van der Waals surface area contributed by atoms with E-state index in [4.69, 9.17) is 28.0 Å². The fourth-order valence-electron chi connectivity index (χ4n) is 6.10. The standard InChI is InChI=1S/C45H84NO11P.H3N/c1-4-6-8-10-12-14-16-18-20-22-24-26-28-30-32-34-43(47)54-40-42(41-56-58(50,51)55-37-36-46-45(49)53-39-38-52-3)57-44(48)35-33-31-29-27-25-23-21-19-17-15-13-11-9-7-5-2;/h18-21,42H,4-17,22-41H2,1-3H3,(H,46,49)(H,50,51);1H3. The van der Waals surface area contributed by atoms with Crippen molar-refractivity contribution in [2.75, 3.05) is 46.7 Å². The lowest BCUT2D eigenvalue weighted by Crippen LogP contribution is -2.30. The molecule has 2 atom stereocenters. The molecule has 348 valence electrons. The number of carbonyl (C=O) groups is 3. The molecule has 0 aromatic rings. The summed E-state index contributed by atoms with van der Waals surface area (Å²) in [5, 5.41) is 2.38. The number of amides is 1. The topological polar surface area (TPSA) is 191 Å². The van der Waals surface area contributed by atoms with Crippen LogP contribution in [0.3, 0.4) is 0 Å². The Morgan fingerprint density at radius 1 is 0.559 bits per heavy atom. The van der Waals surface area contributed by atoms with Crippen LogP contribution >= 0.6 is 7.82 Å². The van der Waals surface area contributed by atoms with Crippen molar-refractivity contribution in [3.63, 3.8) is 0 Å². The van der Waals surface area contributed by atoms with E-state index in [-0.39, 0.29) is 52.0 Å². The van der Waals surface area contributed by atoms with Crippen molar-refractivity contribution in [3.8, 4) is 0 Å². The number of unbranched alkanes of at least 4 members (excludes halogenated alkanes) is 22. The van der Waals surface area contributed by atoms with Crippen molar-refractivity contribution in [1.29, 1.82) is 0 Å². The molecule has 1 amide bonds. The number of ether oxygens (including phenoxy) is 4. The average Bonchev–Trinajstić information content (AvgIpc) is 3.20. The monoisotopic (exact) mass is 863 g/mol. The van der Waals surface area contributed by atoms with Crippen LogP contribution in [0.25, 0.3) is 0 Å². The molecule has 0 bridgehead atoms. The van der Waals surface area contributed by atoms with Crippen molar-refractivity contribution in [2.45, 2.75) is 200 Å². The third kappa shape index (κ3) is 45.1. The van der Waals surface area contributed by atoms with E-state index in [1.54, 1.807) is 0 Å². The molecule has 0 aliphatic rings. The lowest BCUT2D eigenvalue weighted by atomic mass is 10.1. The van der Waals surface area contributed by atoms with Crippen LogP contribution in [0, 0.1) is 0 Å². The molecule has 0 rings (SSSR count). The Morgan fingerprint density at radius 2 is 1.00 bits per heavy atom. The largest absolute Gasteiger partial charge is 0.472 e. The number of nitrogens with one attached hydrogen (secondary N) is 1. The van der Waals surface area contributed by atoms with Gasteiger partial charge in [-0.05, 0) is 64.2 Å². The first kappa shape index (κ1) is 58.8. The maximum absolute atomic E-state index is 12.7. The molecule has 59 heavy (non-hydrogen) atoms. The van der Waals surface area contributed by atoms with Crippen LogP contribution < -0.4 is 11.5 Å². The average molecular weight is 863 g/mol. The normalized spacial score (nSPS) is 12.9. The Kier molecular flexibility index (Phi) is 45.1. The first-order chi connectivity index (χ1) is 28.2. The third-order valence-electron chi connectivity index (χ3n) is 9.58. The Balaban J connectivity index is 0. The van der Waals surface area contributed by atoms with Gasteiger partial charge in [-0.3, -0.25) is 18.6 Å². The predicted octanol–water partition coefficient (Wildman–Crippen LogP) is 12.2. The minimum atomic E-state index is -4.58. The molecule has 14 heteroatoms. The van der Waals surface area contributed by atoms with Crippen molar-refractivity contribution in [2.24, 2.45) is 0 Å². The van der Waals surface area contributed by atoms with Gasteiger partial charge in [0.25, 0.3) is 0 Å². The van der Waals surface area contributed by atoms with Gasteiger partial charge in [0, 0.05) is 26.5 Å². The van der Waals surface area contributed by atoms with Crippen LogP contribution in [0.1, 0.15) is 194 Å². The molecule has 5 N–H and O–H groups in total. The predicted molar refractivity (Wildman–Crippen MR) is 238 cm³/mol. The molecule has 0 aliphatic heterocycles. The van der Waals surface area contributed by atoms with Crippen LogP contribution in [0.5, 0.6) is 0 Å². The number of phosphoric ester groups is 1. The number of hydrogen-bond donors (Lipinski definition) is 3. The van der Waals surface area contributed by atoms with E-state index in [0.29, 0.717) is 12.8 Å². The van der Waals surface area contributed by atoms with Gasteiger partial charge in [-0.25, -0.2) is 9.36 Å². The summed E-state index contributed by atoms with van der Waals surface area (Å²) in [5.74, 6) is -0.924. The highest BCUT2D eigenvalue weighted by Gasteiger charge is 2.26. The Morgan fingerprint density at radius 3 is 1.47 bits per heavy atom. The lowest BCUT2D eigenvalue weighted by Gasteiger charge is -2.20. The van der Waals surface area contributed by atoms with Crippen LogP contribution in [-0.4, -0.2) is 75.7 Å². The summed E-state index contributed by atoms with van der Waals surface area (Å²) < 4.78 is 43.1. The van der Waals surface area contributed by atoms with E-state index in [1.165, 1.54) is 90.6 Å². The molecule has 0 spiro atoms. The number of carbonyl (C=O) groups excluding carboxylic acids is 3. The van der Waals surface area contributed by atoms with Gasteiger partial charge in [0.1, 0.15) is 13.2 Å². The number of alkyl carbamates (subject to hydrolysis) is 1. The van der Waals surface area contributed by atoms with Gasteiger partial charge in [0.15, 0.2) is 6.10 Å². The maximum Gasteiger partial charge on any atom is 0.472 e. The van der Waals surface area contributed by atoms with Gasteiger partial charge in [0.2, 0.25) is 0 Å². The van der Waals surface area contributed by atoms with Gasteiger partial charge in [-0.1, -0.05) is 141 Å². The highest BCUT2D eigenvalue weighted by Crippen LogP contribution is 2.43. The van der Waals surface area contributed by atoms with Crippen molar-refractivity contribution < 1.29 is 51.8 Å². The van der Waals surface area contributed by atoms with Gasteiger partial charge >= 0.3 is 25.9 Å².